The minimum absolute atomic E-state index is 0.0668. The summed E-state index contributed by atoms with van der Waals surface area (Å²) in [4.78, 5) is 27.2. The van der Waals surface area contributed by atoms with Gasteiger partial charge in [-0.1, -0.05) is 37.6 Å². The number of benzene rings is 2. The summed E-state index contributed by atoms with van der Waals surface area (Å²) in [7, 11) is 0. The zero-order chi connectivity index (χ0) is 19.1. The predicted octanol–water partition coefficient (Wildman–Crippen LogP) is 4.25. The van der Waals surface area contributed by atoms with Crippen molar-refractivity contribution >= 4 is 23.2 Å². The van der Waals surface area contributed by atoms with Crippen molar-refractivity contribution in [3.63, 3.8) is 0 Å². The minimum Gasteiger partial charge on any atom is -0.368 e. The molecule has 0 saturated carbocycles. The van der Waals surface area contributed by atoms with Gasteiger partial charge in [-0.2, -0.15) is 0 Å². The van der Waals surface area contributed by atoms with Crippen LogP contribution in [0.15, 0.2) is 54.6 Å². The molecule has 142 valence electrons. The summed E-state index contributed by atoms with van der Waals surface area (Å²) in [6.45, 7) is 3.39. The fourth-order valence-corrected chi connectivity index (χ4v) is 3.17. The number of nitrogens with one attached hydrogen (secondary N) is 1. The molecular weight excluding hydrogens is 340 g/mol. The summed E-state index contributed by atoms with van der Waals surface area (Å²) in [6.07, 6.45) is 3.18. The molecule has 2 aromatic rings. The zero-order valence-corrected chi connectivity index (χ0v) is 15.7. The number of ether oxygens (including phenoxy) is 1. The minimum atomic E-state index is -0.394. The lowest BCUT2D eigenvalue weighted by Gasteiger charge is -2.23. The van der Waals surface area contributed by atoms with Crippen molar-refractivity contribution in [2.24, 2.45) is 0 Å². The molecule has 0 aliphatic carbocycles. The summed E-state index contributed by atoms with van der Waals surface area (Å²) in [5.74, 6) is -0.217. The van der Waals surface area contributed by atoms with E-state index in [1.54, 1.807) is 29.2 Å². The Morgan fingerprint density at radius 3 is 2.67 bits per heavy atom. The molecule has 1 unspecified atom stereocenters. The first-order valence-electron chi connectivity index (χ1n) is 9.58. The second-order valence-electron chi connectivity index (χ2n) is 6.72. The normalized spacial score (nSPS) is 16.1. The van der Waals surface area contributed by atoms with E-state index < -0.39 is 6.10 Å². The van der Waals surface area contributed by atoms with Gasteiger partial charge in [0.25, 0.3) is 11.8 Å². The van der Waals surface area contributed by atoms with Crippen molar-refractivity contribution in [2.45, 2.75) is 38.7 Å². The average Bonchev–Trinajstić information content (AvgIpc) is 3.24. The third-order valence-electron chi connectivity index (χ3n) is 4.65. The van der Waals surface area contributed by atoms with E-state index in [0.29, 0.717) is 24.4 Å². The van der Waals surface area contributed by atoms with Crippen molar-refractivity contribution in [2.75, 3.05) is 23.4 Å². The molecule has 0 aromatic heterocycles. The second kappa shape index (κ2) is 9.33. The maximum Gasteiger partial charge on any atom is 0.258 e. The lowest BCUT2D eigenvalue weighted by Crippen LogP contribution is -2.32. The van der Waals surface area contributed by atoms with Crippen LogP contribution in [0.4, 0.5) is 11.4 Å². The molecule has 27 heavy (non-hydrogen) atoms. The van der Waals surface area contributed by atoms with Crippen molar-refractivity contribution in [1.29, 1.82) is 0 Å². The number of carbonyl (C=O) groups is 2. The van der Waals surface area contributed by atoms with Gasteiger partial charge < -0.3 is 15.0 Å². The average molecular weight is 366 g/mol. The molecule has 1 saturated heterocycles. The number of hydrogen-bond acceptors (Lipinski definition) is 3. The summed E-state index contributed by atoms with van der Waals surface area (Å²) >= 11 is 0. The third kappa shape index (κ3) is 4.95. The van der Waals surface area contributed by atoms with Gasteiger partial charge >= 0.3 is 0 Å². The predicted molar refractivity (Wildman–Crippen MR) is 107 cm³/mol. The number of amides is 2. The van der Waals surface area contributed by atoms with Gasteiger partial charge in [0, 0.05) is 30.1 Å². The number of hydrogen-bond donors (Lipinski definition) is 1. The highest BCUT2D eigenvalue weighted by Crippen LogP contribution is 2.21. The molecule has 1 aliphatic rings. The van der Waals surface area contributed by atoms with E-state index in [-0.39, 0.29) is 11.8 Å². The summed E-state index contributed by atoms with van der Waals surface area (Å²) in [5.41, 5.74) is 2.05. The molecule has 0 radical (unpaired) electrons. The van der Waals surface area contributed by atoms with Crippen LogP contribution < -0.4 is 10.2 Å². The zero-order valence-electron chi connectivity index (χ0n) is 15.7. The van der Waals surface area contributed by atoms with Crippen LogP contribution in [0.25, 0.3) is 0 Å². The van der Waals surface area contributed by atoms with E-state index >= 15 is 0 Å². The van der Waals surface area contributed by atoms with Crippen LogP contribution in [-0.4, -0.2) is 31.1 Å². The van der Waals surface area contributed by atoms with Gasteiger partial charge in [-0.15, -0.1) is 0 Å². The molecule has 2 aromatic carbocycles. The highest BCUT2D eigenvalue weighted by Gasteiger charge is 2.24. The SMILES string of the molecule is CCCCN(C(=O)c1cccc(NC(=O)C2CCCO2)c1)c1ccccc1. The maximum absolute atomic E-state index is 13.1. The molecule has 1 heterocycles. The van der Waals surface area contributed by atoms with Crippen molar-refractivity contribution < 1.29 is 14.3 Å². The van der Waals surface area contributed by atoms with E-state index in [0.717, 1.165) is 31.4 Å². The van der Waals surface area contributed by atoms with Gasteiger partial charge in [-0.3, -0.25) is 9.59 Å². The van der Waals surface area contributed by atoms with Crippen LogP contribution >= 0.6 is 0 Å². The maximum atomic E-state index is 13.1. The van der Waals surface area contributed by atoms with Crippen LogP contribution in [0.5, 0.6) is 0 Å². The summed E-state index contributed by atoms with van der Waals surface area (Å²) in [6, 6.07) is 16.8. The molecule has 5 nitrogen and oxygen atoms in total. The molecule has 2 amide bonds. The lowest BCUT2D eigenvalue weighted by atomic mass is 10.1. The van der Waals surface area contributed by atoms with Crippen LogP contribution in [0, 0.1) is 0 Å². The van der Waals surface area contributed by atoms with Gasteiger partial charge in [-0.25, -0.2) is 0 Å². The van der Waals surface area contributed by atoms with E-state index in [1.165, 1.54) is 0 Å². The monoisotopic (exact) mass is 366 g/mol. The van der Waals surface area contributed by atoms with Crippen LogP contribution in [0.1, 0.15) is 43.0 Å². The van der Waals surface area contributed by atoms with Gasteiger partial charge in [0.15, 0.2) is 0 Å². The van der Waals surface area contributed by atoms with Gasteiger partial charge in [-0.05, 0) is 49.6 Å². The Labute approximate surface area is 160 Å². The first kappa shape index (κ1) is 19.1. The Balaban J connectivity index is 1.77. The quantitative estimate of drug-likeness (QED) is 0.797. The number of nitrogens with zero attached hydrogens (tertiary/aromatic N) is 1. The number of para-hydroxylation sites is 1. The number of anilines is 2. The topological polar surface area (TPSA) is 58.6 Å². The molecule has 1 aliphatic heterocycles. The van der Waals surface area contributed by atoms with E-state index in [9.17, 15) is 9.59 Å². The molecule has 0 spiro atoms. The highest BCUT2D eigenvalue weighted by atomic mass is 16.5. The van der Waals surface area contributed by atoms with E-state index in [4.69, 9.17) is 4.74 Å². The first-order valence-corrected chi connectivity index (χ1v) is 9.58. The van der Waals surface area contributed by atoms with Crippen LogP contribution in [0.3, 0.4) is 0 Å². The molecule has 5 heteroatoms. The Bertz CT molecular complexity index is 770. The smallest absolute Gasteiger partial charge is 0.258 e. The summed E-state index contributed by atoms with van der Waals surface area (Å²) in [5, 5.41) is 2.87. The third-order valence-corrected chi connectivity index (χ3v) is 4.65. The molecule has 1 fully saturated rings. The Hall–Kier alpha value is -2.66. The molecule has 1 atom stereocenters. The Kier molecular flexibility index (Phi) is 6.60. The van der Waals surface area contributed by atoms with E-state index in [1.807, 2.05) is 30.3 Å². The fraction of sp³-hybridized carbons (Fsp3) is 0.364. The van der Waals surface area contributed by atoms with Crippen molar-refractivity contribution in [1.82, 2.24) is 0 Å². The Morgan fingerprint density at radius 2 is 1.96 bits per heavy atom. The number of rotatable bonds is 7. The number of carbonyl (C=O) groups excluding carboxylic acids is 2. The van der Waals surface area contributed by atoms with Crippen molar-refractivity contribution in [3.05, 3.63) is 60.2 Å². The molecular formula is C22H26N2O3. The summed E-state index contributed by atoms with van der Waals surface area (Å²) < 4.78 is 5.42. The fourth-order valence-electron chi connectivity index (χ4n) is 3.17. The van der Waals surface area contributed by atoms with Crippen molar-refractivity contribution in [3.8, 4) is 0 Å². The van der Waals surface area contributed by atoms with E-state index in [2.05, 4.69) is 12.2 Å². The first-order chi connectivity index (χ1) is 13.2. The van der Waals surface area contributed by atoms with Gasteiger partial charge in [0.1, 0.15) is 6.10 Å². The standard InChI is InChI=1S/C22H26N2O3/c1-2-3-14-24(19-11-5-4-6-12-19)22(26)17-9-7-10-18(16-17)23-21(25)20-13-8-15-27-20/h4-7,9-12,16,20H,2-3,8,13-15H2,1H3,(H,23,25). The largest absolute Gasteiger partial charge is 0.368 e. The van der Waals surface area contributed by atoms with Crippen LogP contribution in [-0.2, 0) is 9.53 Å². The molecule has 1 N–H and O–H groups in total. The lowest BCUT2D eigenvalue weighted by molar-refractivity contribution is -0.124. The molecule has 0 bridgehead atoms. The highest BCUT2D eigenvalue weighted by molar-refractivity contribution is 6.07. The van der Waals surface area contributed by atoms with Gasteiger partial charge in [0.2, 0.25) is 0 Å². The van der Waals surface area contributed by atoms with Crippen LogP contribution in [0.2, 0.25) is 0 Å². The Morgan fingerprint density at radius 1 is 1.15 bits per heavy atom. The molecule has 3 rings (SSSR count). The second-order valence-corrected chi connectivity index (χ2v) is 6.72. The number of unbranched alkanes of at least 4 members (excludes halogenated alkanes) is 1. The van der Waals surface area contributed by atoms with Gasteiger partial charge in [0.05, 0.1) is 0 Å².